The summed E-state index contributed by atoms with van der Waals surface area (Å²) in [5.41, 5.74) is 17.6. The van der Waals surface area contributed by atoms with E-state index in [0.29, 0.717) is 35.7 Å². The third-order valence-electron chi connectivity index (χ3n) is 10.6. The van der Waals surface area contributed by atoms with Crippen molar-refractivity contribution in [3.8, 4) is 0 Å². The van der Waals surface area contributed by atoms with Gasteiger partial charge in [-0.3, -0.25) is 19.4 Å². The lowest BCUT2D eigenvalue weighted by atomic mass is 9.83. The molecule has 258 valence electrons. The number of azide groups is 1. The number of allylic oxidation sites excluding steroid dienone is 9. The van der Waals surface area contributed by atoms with Gasteiger partial charge in [-0.2, -0.15) is 0 Å². The first-order chi connectivity index (χ1) is 23.7. The van der Waals surface area contributed by atoms with Crippen molar-refractivity contribution in [1.29, 1.82) is 0 Å². The van der Waals surface area contributed by atoms with Crippen molar-refractivity contribution in [2.45, 2.75) is 65.2 Å². The number of fused-ring (bicyclic) bond motifs is 2. The Labute approximate surface area is 298 Å². The molecule has 4 aliphatic rings. The van der Waals surface area contributed by atoms with E-state index in [9.17, 15) is 14.4 Å². The van der Waals surface area contributed by atoms with Gasteiger partial charge in [-0.1, -0.05) is 62.6 Å². The minimum Gasteiger partial charge on any atom is -0.344 e. The van der Waals surface area contributed by atoms with Crippen LogP contribution < -0.4 is 9.80 Å². The topological polar surface area (TPSA) is 113 Å². The van der Waals surface area contributed by atoms with Crippen LogP contribution in [0.4, 0.5) is 21.9 Å². The van der Waals surface area contributed by atoms with Gasteiger partial charge in [-0.25, -0.2) is 4.79 Å². The Morgan fingerprint density at radius 1 is 0.760 bits per heavy atom. The quantitative estimate of drug-likeness (QED) is 0.102. The van der Waals surface area contributed by atoms with E-state index in [0.717, 1.165) is 61.4 Å². The molecule has 4 amide bonds. The van der Waals surface area contributed by atoms with Crippen LogP contribution in [-0.4, -0.2) is 54.8 Å². The minimum absolute atomic E-state index is 0.00480. The van der Waals surface area contributed by atoms with Crippen LogP contribution in [0.25, 0.3) is 10.4 Å². The summed E-state index contributed by atoms with van der Waals surface area (Å²) in [5, 5.41) is 4.51. The summed E-state index contributed by atoms with van der Waals surface area (Å²) in [4.78, 5) is 49.7. The highest BCUT2D eigenvalue weighted by Crippen LogP contribution is 2.51. The maximum Gasteiger partial charge on any atom is 0.333 e. The average molecular weight is 692 g/mol. The lowest BCUT2D eigenvalue weighted by Gasteiger charge is -2.30. The summed E-state index contributed by atoms with van der Waals surface area (Å²) in [7, 11) is 2.81. The molecule has 3 aliphatic heterocycles. The molecule has 11 heteroatoms. The number of hydrogen-bond donors (Lipinski definition) is 0. The lowest BCUT2D eigenvalue weighted by molar-refractivity contribution is -0.134. The summed E-state index contributed by atoms with van der Waals surface area (Å²) in [5.74, 6) is -1.22. The highest BCUT2D eigenvalue weighted by atomic mass is 35.5. The van der Waals surface area contributed by atoms with Crippen molar-refractivity contribution >= 4 is 46.5 Å². The molecular formula is C39H42ClN7O3. The standard InChI is InChI=1S/C39H42ClN7O3/c1-9-46-29-17-15-25(40)21-27(29)38(3,4)31(46)19-13-23-11-12-24(33(23)34-35(48)44(7)37(50)45(8)36(34)49)14-20-32-39(5,6)28-22-26(42-43-41)16-18-30(28)47(32)10-2/h13-22H,9-12H2,1-8H3/b23-13-,24-14+,31-19+,32-20+. The van der Waals surface area contributed by atoms with Crippen molar-refractivity contribution < 1.29 is 14.4 Å². The predicted octanol–water partition coefficient (Wildman–Crippen LogP) is 8.98. The summed E-state index contributed by atoms with van der Waals surface area (Å²) in [6.45, 7) is 14.3. The predicted molar refractivity (Wildman–Crippen MR) is 198 cm³/mol. The lowest BCUT2D eigenvalue weighted by Crippen LogP contribution is -2.53. The fraction of sp³-hybridized carbons (Fsp3) is 0.359. The summed E-state index contributed by atoms with van der Waals surface area (Å²) in [6, 6.07) is 11.0. The molecule has 50 heavy (non-hydrogen) atoms. The molecule has 0 atom stereocenters. The molecule has 0 spiro atoms. The van der Waals surface area contributed by atoms with Gasteiger partial charge in [0.1, 0.15) is 5.57 Å². The van der Waals surface area contributed by atoms with Crippen molar-refractivity contribution in [3.63, 3.8) is 0 Å². The molecule has 0 aromatic heterocycles. The molecular weight excluding hydrogens is 650 g/mol. The van der Waals surface area contributed by atoms with Crippen molar-refractivity contribution in [1.82, 2.24) is 9.80 Å². The SMILES string of the molecule is CCN1/C(=C/C=C2/CC/C(=C\C=C3\N(CC)c4ccc(N=[N+]=[N-])cc4C3(C)C)C2=C2C(=O)N(C)C(=O)N(C)C2=O)C(C)(C)c2cc(Cl)ccc21. The van der Waals surface area contributed by atoms with E-state index >= 15 is 0 Å². The molecule has 2 aromatic carbocycles. The molecule has 0 radical (unpaired) electrons. The third-order valence-corrected chi connectivity index (χ3v) is 10.8. The molecule has 6 rings (SSSR count). The zero-order valence-corrected chi connectivity index (χ0v) is 30.6. The van der Waals surface area contributed by atoms with E-state index < -0.39 is 23.3 Å². The van der Waals surface area contributed by atoms with Crippen LogP contribution in [0.1, 0.15) is 65.5 Å². The number of urea groups is 1. The van der Waals surface area contributed by atoms with E-state index in [1.54, 1.807) is 0 Å². The van der Waals surface area contributed by atoms with Crippen LogP contribution in [-0.2, 0) is 20.4 Å². The van der Waals surface area contributed by atoms with Crippen molar-refractivity contribution in [2.24, 2.45) is 5.11 Å². The summed E-state index contributed by atoms with van der Waals surface area (Å²) >= 11 is 6.43. The number of barbiturate groups is 1. The number of amides is 4. The largest absolute Gasteiger partial charge is 0.344 e. The van der Waals surface area contributed by atoms with E-state index in [4.69, 9.17) is 17.1 Å². The number of hydrogen-bond acceptors (Lipinski definition) is 6. The van der Waals surface area contributed by atoms with Gasteiger partial charge in [0, 0.05) is 76.4 Å². The molecule has 10 nitrogen and oxygen atoms in total. The number of imide groups is 2. The molecule has 1 saturated carbocycles. The zero-order chi connectivity index (χ0) is 36.3. The second kappa shape index (κ2) is 12.7. The van der Waals surface area contributed by atoms with E-state index in [1.807, 2.05) is 42.5 Å². The number of carbonyl (C=O) groups excluding carboxylic acids is 3. The molecule has 1 aliphatic carbocycles. The number of benzene rings is 2. The molecule has 1 saturated heterocycles. The van der Waals surface area contributed by atoms with Gasteiger partial charge in [-0.05, 0) is 103 Å². The van der Waals surface area contributed by atoms with E-state index in [-0.39, 0.29) is 11.0 Å². The molecule has 0 N–H and O–H groups in total. The van der Waals surface area contributed by atoms with Gasteiger partial charge < -0.3 is 9.80 Å². The van der Waals surface area contributed by atoms with E-state index in [1.165, 1.54) is 14.1 Å². The van der Waals surface area contributed by atoms with Crippen LogP contribution in [0.5, 0.6) is 0 Å². The van der Waals surface area contributed by atoms with Crippen LogP contribution in [0.15, 0.2) is 99.5 Å². The fourth-order valence-corrected chi connectivity index (χ4v) is 8.06. The number of halogens is 1. The number of rotatable bonds is 5. The van der Waals surface area contributed by atoms with Gasteiger partial charge in [-0.15, -0.1) is 0 Å². The number of anilines is 2. The second-order valence-electron chi connectivity index (χ2n) is 14.0. The Hall–Kier alpha value is -5.05. The monoisotopic (exact) mass is 691 g/mol. The number of carbonyl (C=O) groups is 3. The van der Waals surface area contributed by atoms with Crippen LogP contribution in [0.3, 0.4) is 0 Å². The Morgan fingerprint density at radius 3 is 1.72 bits per heavy atom. The first kappa shape index (κ1) is 34.8. The van der Waals surface area contributed by atoms with Crippen LogP contribution in [0, 0.1) is 0 Å². The van der Waals surface area contributed by atoms with E-state index in [2.05, 4.69) is 79.6 Å². The van der Waals surface area contributed by atoms with Gasteiger partial charge in [0.15, 0.2) is 0 Å². The highest BCUT2D eigenvalue weighted by Gasteiger charge is 2.43. The molecule has 0 bridgehead atoms. The van der Waals surface area contributed by atoms with Gasteiger partial charge in [0.25, 0.3) is 11.8 Å². The molecule has 2 fully saturated rings. The first-order valence-corrected chi connectivity index (χ1v) is 17.3. The Morgan fingerprint density at radius 2 is 1.24 bits per heavy atom. The second-order valence-corrected chi connectivity index (χ2v) is 14.5. The highest BCUT2D eigenvalue weighted by molar-refractivity contribution is 6.31. The Balaban J connectivity index is 1.51. The minimum atomic E-state index is -0.658. The maximum atomic E-state index is 13.8. The molecule has 2 aromatic rings. The van der Waals surface area contributed by atoms with Crippen molar-refractivity contribution in [2.75, 3.05) is 37.0 Å². The zero-order valence-electron chi connectivity index (χ0n) is 29.8. The van der Waals surface area contributed by atoms with Crippen LogP contribution >= 0.6 is 11.6 Å². The van der Waals surface area contributed by atoms with Gasteiger partial charge >= 0.3 is 6.03 Å². The maximum absolute atomic E-state index is 13.8. The summed E-state index contributed by atoms with van der Waals surface area (Å²) < 4.78 is 0. The smallest absolute Gasteiger partial charge is 0.333 e. The van der Waals surface area contributed by atoms with Gasteiger partial charge in [0.2, 0.25) is 0 Å². The summed E-state index contributed by atoms with van der Waals surface area (Å²) in [6.07, 6.45) is 9.44. The van der Waals surface area contributed by atoms with Crippen molar-refractivity contribution in [3.05, 3.63) is 121 Å². The first-order valence-electron chi connectivity index (χ1n) is 16.9. The van der Waals surface area contributed by atoms with Crippen LogP contribution in [0.2, 0.25) is 5.02 Å². The Bertz CT molecular complexity index is 2040. The fourth-order valence-electron chi connectivity index (χ4n) is 7.88. The number of likely N-dealkylation sites (N-methyl/N-ethyl adjacent to an activating group) is 4. The molecule has 0 unspecified atom stereocenters. The third kappa shape index (κ3) is 5.34. The normalized spacial score (nSPS) is 22.9. The average Bonchev–Trinajstić information content (AvgIpc) is 3.65. The molecule has 3 heterocycles. The van der Waals surface area contributed by atoms with Gasteiger partial charge in [0.05, 0.1) is 0 Å². The Kier molecular flexibility index (Phi) is 8.83. The number of nitrogens with zero attached hydrogens (tertiary/aromatic N) is 7.